The summed E-state index contributed by atoms with van der Waals surface area (Å²) in [6.07, 6.45) is -0.276. The number of carboxylic acid groups (broad SMARTS) is 1. The topological polar surface area (TPSA) is 208 Å². The molecule has 1 fully saturated rings. The summed E-state index contributed by atoms with van der Waals surface area (Å²) in [5.74, 6) is -2.53. The minimum atomic E-state index is -3.48. The highest BCUT2D eigenvalue weighted by Gasteiger charge is 2.55. The Bertz CT molecular complexity index is 1300. The van der Waals surface area contributed by atoms with E-state index in [-0.39, 0.29) is 24.4 Å². The number of sulfonamides is 1. The third-order valence-electron chi connectivity index (χ3n) is 5.60. The smallest absolute Gasteiger partial charge is 0.352 e. The fraction of sp³-hybridized carbons (Fsp3) is 0.400. The number of H-pyrrole nitrogens is 1. The Hall–Kier alpha value is -2.99. The number of amides is 2. The number of aromatic amines is 1. The van der Waals surface area contributed by atoms with Gasteiger partial charge >= 0.3 is 5.97 Å². The van der Waals surface area contributed by atoms with Gasteiger partial charge in [0.05, 0.1) is 6.26 Å². The average molecular weight is 570 g/mol. The van der Waals surface area contributed by atoms with Gasteiger partial charge in [0.1, 0.15) is 17.1 Å². The van der Waals surface area contributed by atoms with Gasteiger partial charge in [0.15, 0.2) is 6.10 Å². The first-order chi connectivity index (χ1) is 17.6. The maximum Gasteiger partial charge on any atom is 0.352 e. The number of nitrogens with zero attached hydrogens (tertiary/aromatic N) is 4. The summed E-state index contributed by atoms with van der Waals surface area (Å²) in [6.45, 7) is 0.0204. The second-order valence-electron chi connectivity index (χ2n) is 8.16. The lowest BCUT2D eigenvalue weighted by molar-refractivity contribution is -0.151. The van der Waals surface area contributed by atoms with Crippen LogP contribution in [0.25, 0.3) is 0 Å². The molecule has 0 spiro atoms. The molecule has 4 atom stereocenters. The molecule has 2 aliphatic heterocycles. The number of rotatable bonds is 11. The minimum absolute atomic E-state index is 0.0204. The molecule has 2 aliphatic rings. The molecular formula is C20H23N7O7S3. The zero-order chi connectivity index (χ0) is 26.7. The van der Waals surface area contributed by atoms with Gasteiger partial charge in [-0.2, -0.15) is 0 Å². The first kappa shape index (κ1) is 27.1. The number of aliphatic carboxylic acids is 1. The highest BCUT2D eigenvalue weighted by atomic mass is 32.2. The predicted octanol–water partition coefficient (Wildman–Crippen LogP) is -0.928. The van der Waals surface area contributed by atoms with Gasteiger partial charge in [-0.3, -0.25) is 14.5 Å². The summed E-state index contributed by atoms with van der Waals surface area (Å²) in [5, 5.41) is 35.3. The quantitative estimate of drug-likeness (QED) is 0.164. The maximum atomic E-state index is 13.0. The monoisotopic (exact) mass is 569 g/mol. The van der Waals surface area contributed by atoms with Gasteiger partial charge in [0.25, 0.3) is 11.8 Å². The van der Waals surface area contributed by atoms with Crippen LogP contribution in [0.2, 0.25) is 0 Å². The molecule has 5 N–H and O–H groups in total. The summed E-state index contributed by atoms with van der Waals surface area (Å²) in [6, 6.07) is 7.21. The predicted molar refractivity (Wildman–Crippen MR) is 132 cm³/mol. The van der Waals surface area contributed by atoms with Gasteiger partial charge in [-0.1, -0.05) is 42.1 Å². The van der Waals surface area contributed by atoms with Crippen LogP contribution in [0.4, 0.5) is 0 Å². The lowest BCUT2D eigenvalue weighted by atomic mass is 9.99. The van der Waals surface area contributed by atoms with Crippen LogP contribution in [0.15, 0.2) is 46.8 Å². The van der Waals surface area contributed by atoms with E-state index in [0.717, 1.165) is 22.9 Å². The fourth-order valence-corrected chi connectivity index (χ4v) is 6.96. The number of carboxylic acids is 1. The van der Waals surface area contributed by atoms with Crippen LogP contribution in [0.5, 0.6) is 0 Å². The van der Waals surface area contributed by atoms with E-state index >= 15 is 0 Å². The lowest BCUT2D eigenvalue weighted by Crippen LogP contribution is -2.71. The highest BCUT2D eigenvalue weighted by Crippen LogP contribution is 2.44. The second-order valence-corrected chi connectivity index (χ2v) is 12.3. The van der Waals surface area contributed by atoms with E-state index in [4.69, 9.17) is 0 Å². The number of benzene rings is 1. The maximum absolute atomic E-state index is 13.0. The molecule has 4 rings (SSSR count). The van der Waals surface area contributed by atoms with E-state index in [1.54, 1.807) is 30.3 Å². The molecule has 1 aromatic heterocycles. The van der Waals surface area contributed by atoms with Crippen molar-refractivity contribution >= 4 is 51.3 Å². The van der Waals surface area contributed by atoms with Crippen molar-refractivity contribution in [2.75, 3.05) is 18.6 Å². The molecule has 14 nitrogen and oxygen atoms in total. The van der Waals surface area contributed by atoms with Crippen molar-refractivity contribution in [1.29, 1.82) is 0 Å². The van der Waals surface area contributed by atoms with Gasteiger partial charge in [-0.15, -0.1) is 16.9 Å². The van der Waals surface area contributed by atoms with Crippen LogP contribution in [0, 0.1) is 0 Å². The third kappa shape index (κ3) is 6.12. The second kappa shape index (κ2) is 11.2. The van der Waals surface area contributed by atoms with Crippen molar-refractivity contribution in [3.8, 4) is 0 Å². The first-order valence-electron chi connectivity index (χ1n) is 10.9. The third-order valence-corrected chi connectivity index (χ3v) is 8.83. The number of fused-ring (bicyclic) bond motifs is 1. The van der Waals surface area contributed by atoms with Gasteiger partial charge in [0, 0.05) is 17.5 Å². The molecule has 1 saturated heterocycles. The average Bonchev–Trinajstić information content (AvgIpc) is 3.38. The molecule has 2 aromatic rings. The summed E-state index contributed by atoms with van der Waals surface area (Å²) in [4.78, 5) is 39.0. The summed E-state index contributed by atoms with van der Waals surface area (Å²) < 4.78 is 25.4. The van der Waals surface area contributed by atoms with E-state index in [0.29, 0.717) is 16.3 Å². The molecule has 3 heterocycles. The van der Waals surface area contributed by atoms with Crippen molar-refractivity contribution in [3.05, 3.63) is 47.2 Å². The Labute approximate surface area is 219 Å². The number of carbonyl (C=O) groups excluding carboxylic acids is 2. The van der Waals surface area contributed by atoms with Crippen molar-refractivity contribution in [3.63, 3.8) is 0 Å². The largest absolute Gasteiger partial charge is 0.477 e. The van der Waals surface area contributed by atoms with Crippen LogP contribution in [0.1, 0.15) is 18.1 Å². The number of hydrogen-bond donors (Lipinski definition) is 5. The minimum Gasteiger partial charge on any atom is -0.477 e. The van der Waals surface area contributed by atoms with Gasteiger partial charge in [0.2, 0.25) is 15.2 Å². The van der Waals surface area contributed by atoms with Crippen LogP contribution in [-0.2, 0) is 24.4 Å². The molecule has 0 bridgehead atoms. The lowest BCUT2D eigenvalue weighted by Gasteiger charge is -2.50. The number of hydrogen-bond acceptors (Lipinski definition) is 11. The first-order valence-corrected chi connectivity index (χ1v) is 14.7. The Morgan fingerprint density at radius 1 is 1.32 bits per heavy atom. The van der Waals surface area contributed by atoms with Gasteiger partial charge in [-0.25, -0.2) is 23.0 Å². The molecule has 2 unspecified atom stereocenters. The molecule has 17 heteroatoms. The van der Waals surface area contributed by atoms with Gasteiger partial charge in [-0.05, 0) is 28.0 Å². The standard InChI is InChI=1S/C20H23N7O7S3/c1-37(33,34)21-8-7-12(36-20-23-25-26-24-20)11-9-35-18-13(17(30)27(18)14(11)19(31)32)22-16(29)15(28)10-5-3-2-4-6-10/h2-6,12-13,15,18,21,28H,7-9H2,1H3,(H,22,29)(H,31,32)(H,23,24,25,26)/t12?,13-,15?,18+/m1/s1. The Kier molecular flexibility index (Phi) is 8.17. The van der Waals surface area contributed by atoms with Crippen LogP contribution in [0.3, 0.4) is 0 Å². The van der Waals surface area contributed by atoms with Crippen LogP contribution >= 0.6 is 23.5 Å². The van der Waals surface area contributed by atoms with Crippen molar-refractivity contribution in [2.45, 2.75) is 34.3 Å². The zero-order valence-corrected chi connectivity index (χ0v) is 21.7. The van der Waals surface area contributed by atoms with Crippen molar-refractivity contribution in [2.24, 2.45) is 0 Å². The Balaban J connectivity index is 1.54. The Morgan fingerprint density at radius 2 is 2.05 bits per heavy atom. The number of aromatic nitrogens is 4. The number of aliphatic hydroxyl groups excluding tert-OH is 1. The number of nitrogens with one attached hydrogen (secondary N) is 3. The Morgan fingerprint density at radius 3 is 2.68 bits per heavy atom. The number of thioether (sulfide) groups is 2. The van der Waals surface area contributed by atoms with Crippen molar-refractivity contribution < 1.29 is 33.0 Å². The molecule has 1 aromatic carbocycles. The number of tetrazole rings is 1. The normalized spacial score (nSPS) is 21.1. The van der Waals surface area contributed by atoms with E-state index in [9.17, 15) is 33.0 Å². The summed E-state index contributed by atoms with van der Waals surface area (Å²) >= 11 is 2.37. The van der Waals surface area contributed by atoms with Crippen LogP contribution in [-0.4, -0.2) is 97.2 Å². The number of carbonyl (C=O) groups is 3. The van der Waals surface area contributed by atoms with E-state index in [1.807, 2.05) is 0 Å². The van der Waals surface area contributed by atoms with Gasteiger partial charge < -0.3 is 15.5 Å². The molecule has 0 aliphatic carbocycles. The number of β-lactam (4-membered cyclic amide) rings is 1. The summed E-state index contributed by atoms with van der Waals surface area (Å²) in [7, 11) is -3.48. The highest BCUT2D eigenvalue weighted by molar-refractivity contribution is 8.01. The van der Waals surface area contributed by atoms with E-state index in [2.05, 4.69) is 30.7 Å². The molecule has 37 heavy (non-hydrogen) atoms. The zero-order valence-electron chi connectivity index (χ0n) is 19.3. The SMILES string of the molecule is CS(=O)(=O)NCCC(Sc1nnn[nH]1)C1=C(C(=O)O)N2C(=O)[C@@H](NC(=O)C(O)c3ccccc3)[C@@H]2SC1. The number of aliphatic hydroxyl groups is 1. The summed E-state index contributed by atoms with van der Waals surface area (Å²) in [5.41, 5.74) is 0.526. The van der Waals surface area contributed by atoms with Crippen LogP contribution < -0.4 is 10.0 Å². The molecule has 198 valence electrons. The molecule has 2 amide bonds. The molecule has 0 radical (unpaired) electrons. The van der Waals surface area contributed by atoms with E-state index in [1.165, 1.54) is 11.8 Å². The van der Waals surface area contributed by atoms with E-state index < -0.39 is 50.6 Å². The molecular weight excluding hydrogens is 546 g/mol. The molecule has 0 saturated carbocycles. The fourth-order valence-electron chi connectivity index (χ4n) is 3.92. The van der Waals surface area contributed by atoms with Crippen molar-refractivity contribution in [1.82, 2.24) is 35.6 Å².